The van der Waals surface area contributed by atoms with Gasteiger partial charge < -0.3 is 25.2 Å². The summed E-state index contributed by atoms with van der Waals surface area (Å²) in [6.07, 6.45) is 37.8. The van der Waals surface area contributed by atoms with E-state index in [1.54, 1.807) is 0 Å². The fourth-order valence-electron chi connectivity index (χ4n) is 5.31. The average molecular weight is 772 g/mol. The molecule has 0 spiro atoms. The van der Waals surface area contributed by atoms with Crippen LogP contribution in [0.3, 0.4) is 0 Å². The Balaban J connectivity index is 4.43. The third kappa shape index (κ3) is 36.4. The number of hydrogen-bond donors (Lipinski definition) is 3. The molecule has 0 rings (SSSR count). The number of nitrogens with two attached hydrogens (primary N) is 1. The molecule has 0 saturated carbocycles. The number of carbonyl (C=O) groups excluding carboxylic acids is 2. The van der Waals surface area contributed by atoms with Crippen LogP contribution in [0.25, 0.3) is 0 Å². The van der Waals surface area contributed by atoms with Crippen molar-refractivity contribution in [1.82, 2.24) is 0 Å². The van der Waals surface area contributed by atoms with Gasteiger partial charge >= 0.3 is 25.7 Å². The maximum absolute atomic E-state index is 12.6. The van der Waals surface area contributed by atoms with Crippen LogP contribution in [0.15, 0.2) is 36.5 Å². The lowest BCUT2D eigenvalue weighted by Crippen LogP contribution is -2.34. The van der Waals surface area contributed by atoms with E-state index in [2.05, 4.69) is 54.8 Å². The minimum absolute atomic E-state index is 0.143. The van der Waals surface area contributed by atoms with Gasteiger partial charge in [-0.15, -0.1) is 0 Å². The molecule has 0 aliphatic heterocycles. The fraction of sp³-hybridized carbons (Fsp3) is 0.780. The van der Waals surface area contributed by atoms with E-state index in [4.69, 9.17) is 24.8 Å². The van der Waals surface area contributed by atoms with Crippen molar-refractivity contribution >= 4 is 25.7 Å². The first-order valence-electron chi connectivity index (χ1n) is 20.5. The topological polar surface area (TPSA) is 172 Å². The first kappa shape index (κ1) is 50.7. The summed E-state index contributed by atoms with van der Waals surface area (Å²) in [6, 6.07) is -1.52. The highest BCUT2D eigenvalue weighted by molar-refractivity contribution is 7.47. The quantitative estimate of drug-likeness (QED) is 0.0236. The zero-order chi connectivity index (χ0) is 39.3. The molecule has 0 saturated heterocycles. The van der Waals surface area contributed by atoms with Crippen LogP contribution in [0, 0.1) is 0 Å². The minimum Gasteiger partial charge on any atom is -0.480 e. The van der Waals surface area contributed by atoms with Crippen LogP contribution in [0.4, 0.5) is 0 Å². The smallest absolute Gasteiger partial charge is 0.472 e. The molecule has 11 nitrogen and oxygen atoms in total. The van der Waals surface area contributed by atoms with Crippen LogP contribution in [0.1, 0.15) is 174 Å². The highest BCUT2D eigenvalue weighted by atomic mass is 31.2. The molecule has 1 unspecified atom stereocenters. The number of aliphatic carboxylic acids is 1. The second-order valence-corrected chi connectivity index (χ2v) is 15.2. The molecule has 4 N–H and O–H groups in total. The predicted molar refractivity (Wildman–Crippen MR) is 212 cm³/mol. The largest absolute Gasteiger partial charge is 0.480 e. The Bertz CT molecular complexity index is 1050. The van der Waals surface area contributed by atoms with Gasteiger partial charge in [-0.2, -0.15) is 0 Å². The van der Waals surface area contributed by atoms with Crippen molar-refractivity contribution in [3.8, 4) is 0 Å². The highest BCUT2D eigenvalue weighted by Crippen LogP contribution is 2.43. The Morgan fingerprint density at radius 2 is 1.02 bits per heavy atom. The number of carbonyl (C=O) groups is 3. The predicted octanol–water partition coefficient (Wildman–Crippen LogP) is 10.4. The average Bonchev–Trinajstić information content (AvgIpc) is 3.13. The molecule has 0 amide bonds. The van der Waals surface area contributed by atoms with Crippen LogP contribution in [-0.4, -0.2) is 59.9 Å². The number of phosphoric ester groups is 1. The molecular formula is C41H74NO10P. The summed E-state index contributed by atoms with van der Waals surface area (Å²) >= 11 is 0. The Labute approximate surface area is 321 Å². The van der Waals surface area contributed by atoms with Gasteiger partial charge in [-0.05, 0) is 64.2 Å². The van der Waals surface area contributed by atoms with Crippen LogP contribution in [0.5, 0.6) is 0 Å². The molecular weight excluding hydrogens is 697 g/mol. The molecule has 0 bridgehead atoms. The van der Waals surface area contributed by atoms with E-state index in [1.165, 1.54) is 51.4 Å². The monoisotopic (exact) mass is 772 g/mol. The van der Waals surface area contributed by atoms with Crippen molar-refractivity contribution in [2.45, 2.75) is 187 Å². The maximum Gasteiger partial charge on any atom is 0.472 e. The number of phosphoric acid groups is 1. The molecule has 3 atom stereocenters. The van der Waals surface area contributed by atoms with Gasteiger partial charge in [0.2, 0.25) is 0 Å². The number of allylic oxidation sites excluding steroid dienone is 6. The molecule has 0 aliphatic carbocycles. The number of hydrogen-bond acceptors (Lipinski definition) is 9. The second kappa shape index (κ2) is 36.7. The third-order valence-electron chi connectivity index (χ3n) is 8.61. The Kier molecular flexibility index (Phi) is 35.1. The van der Waals surface area contributed by atoms with E-state index in [9.17, 15) is 23.8 Å². The van der Waals surface area contributed by atoms with Crippen LogP contribution in [0.2, 0.25) is 0 Å². The molecule has 0 fully saturated rings. The van der Waals surface area contributed by atoms with Gasteiger partial charge in [0.15, 0.2) is 6.10 Å². The molecule has 308 valence electrons. The van der Waals surface area contributed by atoms with Crippen molar-refractivity contribution in [3.63, 3.8) is 0 Å². The van der Waals surface area contributed by atoms with Gasteiger partial charge in [-0.1, -0.05) is 134 Å². The summed E-state index contributed by atoms with van der Waals surface area (Å²) in [5.41, 5.74) is 5.32. The molecule has 0 radical (unpaired) electrons. The van der Waals surface area contributed by atoms with Gasteiger partial charge in [-0.3, -0.25) is 23.4 Å². The molecule has 0 aliphatic rings. The zero-order valence-electron chi connectivity index (χ0n) is 33.1. The second-order valence-electron chi connectivity index (χ2n) is 13.8. The number of ether oxygens (including phenoxy) is 2. The Morgan fingerprint density at radius 1 is 0.585 bits per heavy atom. The van der Waals surface area contributed by atoms with E-state index in [0.29, 0.717) is 12.8 Å². The van der Waals surface area contributed by atoms with Crippen molar-refractivity contribution in [1.29, 1.82) is 0 Å². The number of carboxylic acids is 1. The first-order chi connectivity index (χ1) is 25.6. The summed E-state index contributed by atoms with van der Waals surface area (Å²) in [5, 5.41) is 8.87. The summed E-state index contributed by atoms with van der Waals surface area (Å²) < 4.78 is 32.6. The van der Waals surface area contributed by atoms with Crippen LogP contribution in [-0.2, 0) is 37.5 Å². The van der Waals surface area contributed by atoms with E-state index in [0.717, 1.165) is 83.5 Å². The van der Waals surface area contributed by atoms with Crippen molar-refractivity contribution < 1.29 is 47.5 Å². The summed E-state index contributed by atoms with van der Waals surface area (Å²) in [4.78, 5) is 45.8. The van der Waals surface area contributed by atoms with E-state index in [1.807, 2.05) is 0 Å². The zero-order valence-corrected chi connectivity index (χ0v) is 34.0. The van der Waals surface area contributed by atoms with E-state index < -0.39 is 51.1 Å². The van der Waals surface area contributed by atoms with Gasteiger partial charge in [0.25, 0.3) is 0 Å². The van der Waals surface area contributed by atoms with Gasteiger partial charge in [-0.25, -0.2) is 4.57 Å². The lowest BCUT2D eigenvalue weighted by molar-refractivity contribution is -0.161. The Hall–Kier alpha value is -2.30. The van der Waals surface area contributed by atoms with E-state index in [-0.39, 0.29) is 19.4 Å². The fourth-order valence-corrected chi connectivity index (χ4v) is 6.09. The standard InChI is InChI=1S/C41H74NO10P/c1-3-5-7-9-11-13-15-17-19-21-22-24-26-28-30-32-39(43)49-34-37(35-50-53(47,48)51-36-38(42)41(45)46)52-40(44)33-31-29-27-25-23-20-18-16-14-12-10-8-6-4-2/h10,12,16-19,37-38H,3-9,11,13-15,20-36,42H2,1-2H3,(H,45,46)(H,47,48)/b12-10-,18-16-,19-17-/t37-,38+/m1/s1. The number of esters is 2. The lowest BCUT2D eigenvalue weighted by atomic mass is 10.1. The normalized spacial score (nSPS) is 14.2. The highest BCUT2D eigenvalue weighted by Gasteiger charge is 2.28. The number of carboxylic acid groups (broad SMARTS) is 1. The SMILES string of the molecule is CCCC/C=C\C/C=C\CCCCCCCC(=O)O[C@H](COC(=O)CCCCCCC/C=C\CCCCCCCC)COP(=O)(O)OC[C@H](N)C(=O)O. The first-order valence-corrected chi connectivity index (χ1v) is 22.0. The van der Waals surface area contributed by atoms with E-state index >= 15 is 0 Å². The van der Waals surface area contributed by atoms with Gasteiger partial charge in [0.05, 0.1) is 13.2 Å². The molecule has 0 heterocycles. The van der Waals surface area contributed by atoms with Crippen LogP contribution < -0.4 is 5.73 Å². The molecule has 0 aromatic carbocycles. The van der Waals surface area contributed by atoms with Gasteiger partial charge in [0, 0.05) is 12.8 Å². The molecule has 12 heteroatoms. The summed E-state index contributed by atoms with van der Waals surface area (Å²) in [7, 11) is -4.72. The number of rotatable bonds is 38. The number of unbranched alkanes of at least 4 members (excludes halogenated alkanes) is 18. The van der Waals surface area contributed by atoms with Crippen LogP contribution >= 0.6 is 7.82 Å². The maximum atomic E-state index is 12.6. The van der Waals surface area contributed by atoms with Crippen molar-refractivity contribution in [2.75, 3.05) is 19.8 Å². The summed E-state index contributed by atoms with van der Waals surface area (Å²) in [6.45, 7) is 2.72. The minimum atomic E-state index is -4.72. The third-order valence-corrected chi connectivity index (χ3v) is 9.56. The van der Waals surface area contributed by atoms with Crippen molar-refractivity contribution in [3.05, 3.63) is 36.5 Å². The Morgan fingerprint density at radius 3 is 1.55 bits per heavy atom. The van der Waals surface area contributed by atoms with Crippen molar-refractivity contribution in [2.24, 2.45) is 5.73 Å². The molecule has 0 aromatic heterocycles. The summed E-state index contributed by atoms with van der Waals surface area (Å²) in [5.74, 6) is -2.41. The molecule has 0 aromatic rings. The lowest BCUT2D eigenvalue weighted by Gasteiger charge is -2.20. The van der Waals surface area contributed by atoms with Gasteiger partial charge in [0.1, 0.15) is 12.6 Å². The molecule has 53 heavy (non-hydrogen) atoms.